The summed E-state index contributed by atoms with van der Waals surface area (Å²) < 4.78 is 27.2. The first-order valence-corrected chi connectivity index (χ1v) is 12.1. The summed E-state index contributed by atoms with van der Waals surface area (Å²) in [5, 5.41) is 4.19. The number of rotatable bonds is 7. The minimum atomic E-state index is -3.64. The van der Waals surface area contributed by atoms with E-state index in [0.29, 0.717) is 11.4 Å². The van der Waals surface area contributed by atoms with Crippen molar-refractivity contribution >= 4 is 43.3 Å². The van der Waals surface area contributed by atoms with Crippen molar-refractivity contribution in [3.8, 4) is 0 Å². The zero-order valence-electron chi connectivity index (χ0n) is 17.1. The summed E-state index contributed by atoms with van der Waals surface area (Å²) >= 11 is 3.41. The van der Waals surface area contributed by atoms with Crippen molar-refractivity contribution in [1.82, 2.24) is 5.43 Å². The highest BCUT2D eigenvalue weighted by molar-refractivity contribution is 9.10. The summed E-state index contributed by atoms with van der Waals surface area (Å²) in [6.45, 7) is 1.90. The van der Waals surface area contributed by atoms with Crippen LogP contribution in [0.4, 0.5) is 5.69 Å². The molecule has 0 aliphatic heterocycles. The van der Waals surface area contributed by atoms with Crippen LogP contribution in [0, 0.1) is 0 Å². The highest BCUT2D eigenvalue weighted by Gasteiger charge is 2.23. The van der Waals surface area contributed by atoms with E-state index in [1.807, 2.05) is 54.6 Å². The fraction of sp³-hybridized carbons (Fsp3) is 0.130. The molecule has 1 N–H and O–H groups in total. The van der Waals surface area contributed by atoms with Gasteiger partial charge in [-0.2, -0.15) is 5.10 Å². The molecular formula is C23H22BrN3O3S. The number of carbonyl (C=O) groups excluding carboxylic acids is 1. The molecule has 3 aromatic rings. The lowest BCUT2D eigenvalue weighted by Crippen LogP contribution is -2.32. The number of anilines is 1. The molecule has 160 valence electrons. The number of benzene rings is 3. The SMILES string of the molecule is C/C(=N\NC(=O)c1ccccc1N(Cc1ccccc1)S(C)(=O)=O)c1cccc(Br)c1. The molecule has 0 saturated carbocycles. The molecule has 0 bridgehead atoms. The number of hydrogen-bond donors (Lipinski definition) is 1. The van der Waals surface area contributed by atoms with E-state index >= 15 is 0 Å². The van der Waals surface area contributed by atoms with Gasteiger partial charge in [0.05, 0.1) is 29.8 Å². The van der Waals surface area contributed by atoms with Crippen LogP contribution < -0.4 is 9.73 Å². The van der Waals surface area contributed by atoms with E-state index in [-0.39, 0.29) is 12.1 Å². The fourth-order valence-electron chi connectivity index (χ4n) is 2.99. The van der Waals surface area contributed by atoms with E-state index in [0.717, 1.165) is 21.9 Å². The third-order valence-corrected chi connectivity index (χ3v) is 6.17. The van der Waals surface area contributed by atoms with Gasteiger partial charge in [0.1, 0.15) is 0 Å². The molecule has 0 aromatic heterocycles. The van der Waals surface area contributed by atoms with Gasteiger partial charge >= 0.3 is 0 Å². The maximum atomic E-state index is 12.9. The van der Waals surface area contributed by atoms with Crippen LogP contribution in [0.25, 0.3) is 0 Å². The summed E-state index contributed by atoms with van der Waals surface area (Å²) in [6, 6.07) is 23.4. The smallest absolute Gasteiger partial charge is 0.267 e. The third-order valence-electron chi connectivity index (χ3n) is 4.55. The van der Waals surface area contributed by atoms with Crippen LogP contribution in [0.15, 0.2) is 88.4 Å². The fourth-order valence-corrected chi connectivity index (χ4v) is 4.29. The monoisotopic (exact) mass is 499 g/mol. The van der Waals surface area contributed by atoms with Gasteiger partial charge in [0.25, 0.3) is 5.91 Å². The van der Waals surface area contributed by atoms with E-state index in [2.05, 4.69) is 26.5 Å². The quantitative estimate of drug-likeness (QED) is 0.382. The number of nitrogens with zero attached hydrogens (tertiary/aromatic N) is 2. The Kier molecular flexibility index (Phi) is 7.25. The van der Waals surface area contributed by atoms with Crippen molar-refractivity contribution in [2.45, 2.75) is 13.5 Å². The normalized spacial score (nSPS) is 11.8. The third kappa shape index (κ3) is 6.02. The number of amides is 1. The Bertz CT molecular complexity index is 1210. The first-order chi connectivity index (χ1) is 14.8. The van der Waals surface area contributed by atoms with Crippen molar-refractivity contribution in [3.63, 3.8) is 0 Å². The molecule has 0 fully saturated rings. The maximum absolute atomic E-state index is 12.9. The molecule has 0 saturated heterocycles. The topological polar surface area (TPSA) is 78.8 Å². The second-order valence-corrected chi connectivity index (χ2v) is 9.74. The van der Waals surface area contributed by atoms with Gasteiger partial charge in [0, 0.05) is 4.47 Å². The number of carbonyl (C=O) groups is 1. The van der Waals surface area contributed by atoms with Crippen LogP contribution in [0.5, 0.6) is 0 Å². The maximum Gasteiger partial charge on any atom is 0.273 e. The van der Waals surface area contributed by atoms with Crippen molar-refractivity contribution in [2.75, 3.05) is 10.6 Å². The second kappa shape index (κ2) is 9.89. The largest absolute Gasteiger partial charge is 0.273 e. The Hall–Kier alpha value is -2.97. The standard InChI is InChI=1S/C23H22BrN3O3S/c1-17(19-11-8-12-20(24)15-19)25-26-23(28)21-13-6-7-14-22(21)27(31(2,29)30)16-18-9-4-3-5-10-18/h3-15H,16H2,1-2H3,(H,26,28)/b25-17+. The lowest BCUT2D eigenvalue weighted by molar-refractivity contribution is 0.0955. The second-order valence-electron chi connectivity index (χ2n) is 6.92. The van der Waals surface area contributed by atoms with Crippen LogP contribution in [0.3, 0.4) is 0 Å². The van der Waals surface area contributed by atoms with Crippen molar-refractivity contribution < 1.29 is 13.2 Å². The molecule has 0 heterocycles. The van der Waals surface area contributed by atoms with Crippen LogP contribution >= 0.6 is 15.9 Å². The first kappa shape index (κ1) is 22.7. The summed E-state index contributed by atoms with van der Waals surface area (Å²) in [6.07, 6.45) is 1.13. The molecule has 0 radical (unpaired) electrons. The number of sulfonamides is 1. The molecule has 3 rings (SSSR count). The number of para-hydroxylation sites is 1. The van der Waals surface area contributed by atoms with Crippen LogP contribution in [0.1, 0.15) is 28.4 Å². The molecular weight excluding hydrogens is 478 g/mol. The molecule has 0 unspecified atom stereocenters. The summed E-state index contributed by atoms with van der Waals surface area (Å²) in [4.78, 5) is 12.9. The highest BCUT2D eigenvalue weighted by Crippen LogP contribution is 2.25. The lowest BCUT2D eigenvalue weighted by Gasteiger charge is -2.24. The zero-order chi connectivity index (χ0) is 22.4. The van der Waals surface area contributed by atoms with Gasteiger partial charge in [-0.3, -0.25) is 9.10 Å². The van der Waals surface area contributed by atoms with Gasteiger partial charge in [-0.25, -0.2) is 13.8 Å². The van der Waals surface area contributed by atoms with Gasteiger partial charge in [-0.05, 0) is 42.3 Å². The van der Waals surface area contributed by atoms with Crippen LogP contribution in [-0.4, -0.2) is 26.3 Å². The molecule has 1 amide bonds. The van der Waals surface area contributed by atoms with Crippen molar-refractivity contribution in [3.05, 3.63) is 100 Å². The van der Waals surface area contributed by atoms with Gasteiger partial charge in [-0.1, -0.05) is 70.5 Å². The van der Waals surface area contributed by atoms with Gasteiger partial charge in [0.15, 0.2) is 0 Å². The van der Waals surface area contributed by atoms with E-state index in [1.54, 1.807) is 31.2 Å². The molecule has 0 spiro atoms. The number of halogens is 1. The molecule has 6 nitrogen and oxygen atoms in total. The number of hydrogen-bond acceptors (Lipinski definition) is 4. The Morgan fingerprint density at radius 2 is 1.68 bits per heavy atom. The predicted octanol–water partition coefficient (Wildman–Crippen LogP) is 4.57. The average Bonchev–Trinajstić information content (AvgIpc) is 2.75. The van der Waals surface area contributed by atoms with E-state index < -0.39 is 15.9 Å². The minimum Gasteiger partial charge on any atom is -0.267 e. The Labute approximate surface area is 190 Å². The summed E-state index contributed by atoms with van der Waals surface area (Å²) in [5.41, 5.74) is 5.33. The molecule has 31 heavy (non-hydrogen) atoms. The summed E-state index contributed by atoms with van der Waals surface area (Å²) in [7, 11) is -3.64. The van der Waals surface area contributed by atoms with Crippen LogP contribution in [0.2, 0.25) is 0 Å². The molecule has 0 aliphatic rings. The Balaban J connectivity index is 1.90. The van der Waals surface area contributed by atoms with Crippen molar-refractivity contribution in [1.29, 1.82) is 0 Å². The number of nitrogens with one attached hydrogen (secondary N) is 1. The zero-order valence-corrected chi connectivity index (χ0v) is 19.5. The van der Waals surface area contributed by atoms with Gasteiger partial charge < -0.3 is 0 Å². The Morgan fingerprint density at radius 3 is 2.35 bits per heavy atom. The van der Waals surface area contributed by atoms with Gasteiger partial charge in [0.2, 0.25) is 10.0 Å². The van der Waals surface area contributed by atoms with E-state index in [1.165, 1.54) is 4.31 Å². The lowest BCUT2D eigenvalue weighted by atomic mass is 10.1. The molecule has 8 heteroatoms. The Morgan fingerprint density at radius 1 is 1.00 bits per heavy atom. The predicted molar refractivity (Wildman–Crippen MR) is 128 cm³/mol. The van der Waals surface area contributed by atoms with Crippen molar-refractivity contribution in [2.24, 2.45) is 5.10 Å². The van der Waals surface area contributed by atoms with E-state index in [4.69, 9.17) is 0 Å². The minimum absolute atomic E-state index is 0.115. The summed E-state index contributed by atoms with van der Waals surface area (Å²) in [5.74, 6) is -0.494. The highest BCUT2D eigenvalue weighted by atomic mass is 79.9. The first-order valence-electron chi connectivity index (χ1n) is 9.47. The van der Waals surface area contributed by atoms with Gasteiger partial charge in [-0.15, -0.1) is 0 Å². The molecule has 0 atom stereocenters. The molecule has 0 aliphatic carbocycles. The molecule has 3 aromatic carbocycles. The number of hydrazone groups is 1. The van der Waals surface area contributed by atoms with E-state index in [9.17, 15) is 13.2 Å². The average molecular weight is 500 g/mol. The van der Waals surface area contributed by atoms with Crippen LogP contribution in [-0.2, 0) is 16.6 Å².